The first-order valence-corrected chi connectivity index (χ1v) is 11.4. The molecule has 1 N–H and O–H groups in total. The van der Waals surface area contributed by atoms with Crippen molar-refractivity contribution in [1.29, 1.82) is 0 Å². The Labute approximate surface area is 194 Å². The molecule has 2 aliphatic rings. The van der Waals surface area contributed by atoms with Crippen LogP contribution in [0.2, 0.25) is 0 Å². The van der Waals surface area contributed by atoms with E-state index in [-0.39, 0.29) is 23.3 Å². The molecule has 0 unspecified atom stereocenters. The number of aryl methyl sites for hydroxylation is 1. The van der Waals surface area contributed by atoms with Crippen LogP contribution in [0.4, 0.5) is 19.0 Å². The molecule has 0 amide bonds. The van der Waals surface area contributed by atoms with Crippen LogP contribution in [0.5, 0.6) is 0 Å². The quantitative estimate of drug-likeness (QED) is 0.548. The SMILES string of the molecule is C[C@@H](Nc1ncnc2c1cc(C1=C[C@H]3CCC[C@@H](C1)O3)c(=O)n2C)c1cccc(C(F)F)c1F. The van der Waals surface area contributed by atoms with Gasteiger partial charge >= 0.3 is 0 Å². The van der Waals surface area contributed by atoms with Gasteiger partial charge in [0.15, 0.2) is 0 Å². The molecule has 5 rings (SSSR count). The van der Waals surface area contributed by atoms with Gasteiger partial charge in [-0.3, -0.25) is 9.36 Å². The first-order valence-electron chi connectivity index (χ1n) is 11.4. The summed E-state index contributed by atoms with van der Waals surface area (Å²) in [5, 5.41) is 3.72. The average Bonchev–Trinajstić information content (AvgIpc) is 2.81. The van der Waals surface area contributed by atoms with Crippen LogP contribution in [-0.4, -0.2) is 26.7 Å². The molecule has 2 aliphatic heterocycles. The van der Waals surface area contributed by atoms with Crippen molar-refractivity contribution >= 4 is 22.4 Å². The van der Waals surface area contributed by atoms with Crippen LogP contribution >= 0.6 is 0 Å². The van der Waals surface area contributed by atoms with Crippen LogP contribution in [0.15, 0.2) is 41.5 Å². The zero-order chi connectivity index (χ0) is 24.0. The molecule has 0 saturated carbocycles. The zero-order valence-electron chi connectivity index (χ0n) is 18.9. The third kappa shape index (κ3) is 3.98. The largest absolute Gasteiger partial charge is 0.371 e. The fourth-order valence-electron chi connectivity index (χ4n) is 4.91. The molecule has 2 bridgehead atoms. The van der Waals surface area contributed by atoms with Crippen molar-refractivity contribution in [3.63, 3.8) is 0 Å². The van der Waals surface area contributed by atoms with Crippen LogP contribution in [0.1, 0.15) is 61.8 Å². The Balaban J connectivity index is 1.56. The van der Waals surface area contributed by atoms with E-state index in [2.05, 4.69) is 15.3 Å². The van der Waals surface area contributed by atoms with Gasteiger partial charge in [-0.15, -0.1) is 0 Å². The molecule has 2 aromatic heterocycles. The van der Waals surface area contributed by atoms with Crippen molar-refractivity contribution in [3.05, 3.63) is 69.5 Å². The van der Waals surface area contributed by atoms with Crippen LogP contribution in [-0.2, 0) is 11.8 Å². The number of benzene rings is 1. The molecule has 6 nitrogen and oxygen atoms in total. The van der Waals surface area contributed by atoms with Crippen LogP contribution < -0.4 is 10.9 Å². The van der Waals surface area contributed by atoms with Gasteiger partial charge in [-0.1, -0.05) is 24.3 Å². The van der Waals surface area contributed by atoms with E-state index in [1.807, 2.05) is 6.08 Å². The minimum absolute atomic E-state index is 0.0117. The summed E-state index contributed by atoms with van der Waals surface area (Å²) >= 11 is 0. The van der Waals surface area contributed by atoms with E-state index in [1.54, 1.807) is 20.0 Å². The van der Waals surface area contributed by atoms with Crippen molar-refractivity contribution in [2.24, 2.45) is 7.05 Å². The monoisotopic (exact) mass is 470 g/mol. The van der Waals surface area contributed by atoms with Gasteiger partial charge in [-0.25, -0.2) is 23.1 Å². The van der Waals surface area contributed by atoms with Gasteiger partial charge in [0.25, 0.3) is 12.0 Å². The second kappa shape index (κ2) is 8.87. The van der Waals surface area contributed by atoms with E-state index >= 15 is 0 Å². The minimum Gasteiger partial charge on any atom is -0.371 e. The number of pyridine rings is 1. The molecule has 1 aromatic carbocycles. The number of fused-ring (bicyclic) bond motifs is 3. The summed E-state index contributed by atoms with van der Waals surface area (Å²) in [6, 6.07) is 5.07. The summed E-state index contributed by atoms with van der Waals surface area (Å²) in [6.45, 7) is 1.67. The van der Waals surface area contributed by atoms with Crippen molar-refractivity contribution in [2.45, 2.75) is 57.3 Å². The molecule has 34 heavy (non-hydrogen) atoms. The Kier molecular flexibility index (Phi) is 5.89. The van der Waals surface area contributed by atoms with Crippen LogP contribution in [0.25, 0.3) is 16.6 Å². The number of anilines is 1. The number of ether oxygens (including phenoxy) is 1. The topological polar surface area (TPSA) is 69.0 Å². The lowest BCUT2D eigenvalue weighted by molar-refractivity contribution is -0.0284. The lowest BCUT2D eigenvalue weighted by atomic mass is 9.89. The first kappa shape index (κ1) is 22.6. The van der Waals surface area contributed by atoms with Gasteiger partial charge in [-0.2, -0.15) is 0 Å². The van der Waals surface area contributed by atoms with Crippen molar-refractivity contribution in [3.8, 4) is 0 Å². The second-order valence-corrected chi connectivity index (χ2v) is 8.92. The minimum atomic E-state index is -2.91. The molecule has 0 aliphatic carbocycles. The summed E-state index contributed by atoms with van der Waals surface area (Å²) in [5.74, 6) is -0.549. The third-order valence-corrected chi connectivity index (χ3v) is 6.68. The summed E-state index contributed by atoms with van der Waals surface area (Å²) < 4.78 is 48.5. The highest BCUT2D eigenvalue weighted by Crippen LogP contribution is 2.35. The fraction of sp³-hybridized carbons (Fsp3) is 0.400. The lowest BCUT2D eigenvalue weighted by Crippen LogP contribution is -2.32. The maximum atomic E-state index is 14.7. The number of alkyl halides is 2. The summed E-state index contributed by atoms with van der Waals surface area (Å²) in [6.07, 6.45) is 4.24. The summed E-state index contributed by atoms with van der Waals surface area (Å²) in [5.41, 5.74) is 1.24. The number of halogens is 3. The molecule has 1 fully saturated rings. The van der Waals surface area contributed by atoms with E-state index in [4.69, 9.17) is 4.74 Å². The normalized spacial score (nSPS) is 20.9. The molecule has 178 valence electrons. The number of rotatable bonds is 5. The Morgan fingerprint density at radius 1 is 1.21 bits per heavy atom. The van der Waals surface area contributed by atoms with Crippen molar-refractivity contribution < 1.29 is 17.9 Å². The molecule has 0 radical (unpaired) electrons. The predicted molar refractivity (Wildman–Crippen MR) is 123 cm³/mol. The number of aromatic nitrogens is 3. The van der Waals surface area contributed by atoms with Crippen molar-refractivity contribution in [1.82, 2.24) is 14.5 Å². The van der Waals surface area contributed by atoms with Crippen molar-refractivity contribution in [2.75, 3.05) is 5.32 Å². The van der Waals surface area contributed by atoms with Crippen LogP contribution in [0.3, 0.4) is 0 Å². The molecular weight excluding hydrogens is 445 g/mol. The molecule has 9 heteroatoms. The smallest absolute Gasteiger partial charge is 0.266 e. The number of nitrogens with one attached hydrogen (secondary N) is 1. The van der Waals surface area contributed by atoms with E-state index in [0.29, 0.717) is 28.8 Å². The van der Waals surface area contributed by atoms with E-state index in [1.165, 1.54) is 23.0 Å². The molecular formula is C25H25F3N4O2. The molecule has 1 saturated heterocycles. The highest BCUT2D eigenvalue weighted by Gasteiger charge is 2.29. The molecule has 0 spiro atoms. The maximum Gasteiger partial charge on any atom is 0.266 e. The first-order chi connectivity index (χ1) is 16.3. The number of hydrogen-bond acceptors (Lipinski definition) is 5. The van der Waals surface area contributed by atoms with Gasteiger partial charge < -0.3 is 10.1 Å². The predicted octanol–water partition coefficient (Wildman–Crippen LogP) is 5.30. The lowest BCUT2D eigenvalue weighted by Gasteiger charge is -2.34. The highest BCUT2D eigenvalue weighted by molar-refractivity contribution is 5.89. The molecule has 4 heterocycles. The van der Waals surface area contributed by atoms with E-state index in [0.717, 1.165) is 30.9 Å². The zero-order valence-corrected chi connectivity index (χ0v) is 18.9. The van der Waals surface area contributed by atoms with Gasteiger partial charge in [0.1, 0.15) is 23.6 Å². The van der Waals surface area contributed by atoms with Crippen LogP contribution in [0, 0.1) is 5.82 Å². The Morgan fingerprint density at radius 2 is 2.00 bits per heavy atom. The molecule has 3 atom stereocenters. The number of hydrogen-bond donors (Lipinski definition) is 1. The maximum absolute atomic E-state index is 14.7. The van der Waals surface area contributed by atoms with E-state index < -0.39 is 23.8 Å². The van der Waals surface area contributed by atoms with Gasteiger partial charge in [-0.05, 0) is 44.2 Å². The second-order valence-electron chi connectivity index (χ2n) is 8.92. The fourth-order valence-corrected chi connectivity index (χ4v) is 4.91. The average molecular weight is 470 g/mol. The third-order valence-electron chi connectivity index (χ3n) is 6.68. The van der Waals surface area contributed by atoms with Gasteiger partial charge in [0.2, 0.25) is 0 Å². The Bertz CT molecular complexity index is 1340. The number of nitrogens with zero attached hydrogens (tertiary/aromatic N) is 3. The van der Waals surface area contributed by atoms with Gasteiger partial charge in [0.05, 0.1) is 29.2 Å². The van der Waals surface area contributed by atoms with Gasteiger partial charge in [0, 0.05) is 18.2 Å². The highest BCUT2D eigenvalue weighted by atomic mass is 19.3. The molecule has 3 aromatic rings. The Hall–Kier alpha value is -3.20. The standard InChI is InChI=1S/C25H25F3N4O2/c1-13(17-7-4-8-18(21(17)26)22(27)28)31-23-20-11-19(25(33)32(2)24(20)30-12-29-23)14-9-15-5-3-6-16(10-14)34-15/h4,7-9,11-13,15-16,22H,3,5-6,10H2,1-2H3,(H,29,30,31)/t13-,15-,16+/m1/s1. The summed E-state index contributed by atoms with van der Waals surface area (Å²) in [7, 11) is 1.65. The van der Waals surface area contributed by atoms with E-state index in [9.17, 15) is 18.0 Å². The summed E-state index contributed by atoms with van der Waals surface area (Å²) in [4.78, 5) is 21.8. The Morgan fingerprint density at radius 3 is 2.76 bits per heavy atom.